The van der Waals surface area contributed by atoms with Crippen LogP contribution in [0.3, 0.4) is 0 Å². The zero-order chi connectivity index (χ0) is 23.7. The van der Waals surface area contributed by atoms with Crippen molar-refractivity contribution in [3.05, 3.63) is 42.2 Å². The summed E-state index contributed by atoms with van der Waals surface area (Å²) in [6, 6.07) is 6.76. The standard InChI is InChI=1S/C24H26F2N4O4/c1-32-19-8-15(9-20(34-24(25)26)22(19)23(31)29-16-2-3-16)18-12-28-21-10-17(5-7-30(18)21)33-13-14-4-6-27-11-14/h5,7-10,12,14,16,24,27H,2-4,6,11,13H2,1H3,(H,29,31)/t14-/m0/s1. The molecule has 1 aromatic carbocycles. The molecule has 8 nitrogen and oxygen atoms in total. The van der Waals surface area contributed by atoms with Gasteiger partial charge in [-0.15, -0.1) is 0 Å². The number of fused-ring (bicyclic) bond motifs is 1. The average Bonchev–Trinajstić information content (AvgIpc) is 3.30. The van der Waals surface area contributed by atoms with Crippen molar-refractivity contribution >= 4 is 11.6 Å². The van der Waals surface area contributed by atoms with E-state index in [-0.39, 0.29) is 23.1 Å². The fourth-order valence-electron chi connectivity index (χ4n) is 4.13. The fourth-order valence-corrected chi connectivity index (χ4v) is 4.13. The second-order valence-electron chi connectivity index (χ2n) is 8.58. The Balaban J connectivity index is 1.46. The Kier molecular flexibility index (Phi) is 6.23. The summed E-state index contributed by atoms with van der Waals surface area (Å²) in [5.74, 6) is 0.596. The molecule has 1 aliphatic carbocycles. The highest BCUT2D eigenvalue weighted by Gasteiger charge is 2.29. The van der Waals surface area contributed by atoms with Crippen LogP contribution in [0.2, 0.25) is 0 Å². The summed E-state index contributed by atoms with van der Waals surface area (Å²) in [6.45, 7) is -0.496. The average molecular weight is 472 g/mol. The van der Waals surface area contributed by atoms with Crippen LogP contribution in [-0.4, -0.2) is 54.8 Å². The number of carbonyl (C=O) groups excluding carboxylic acids is 1. The third-order valence-corrected chi connectivity index (χ3v) is 6.07. The lowest BCUT2D eigenvalue weighted by molar-refractivity contribution is -0.0502. The Morgan fingerprint density at radius 1 is 1.26 bits per heavy atom. The first-order valence-corrected chi connectivity index (χ1v) is 11.3. The van der Waals surface area contributed by atoms with E-state index in [0.717, 1.165) is 32.4 Å². The minimum Gasteiger partial charge on any atom is -0.496 e. The number of halogens is 2. The minimum absolute atomic E-state index is 0.0515. The Morgan fingerprint density at radius 3 is 2.79 bits per heavy atom. The van der Waals surface area contributed by atoms with Crippen LogP contribution in [-0.2, 0) is 0 Å². The molecule has 1 aliphatic heterocycles. The van der Waals surface area contributed by atoms with Crippen molar-refractivity contribution in [2.24, 2.45) is 5.92 Å². The molecular formula is C24H26F2N4O4. The molecule has 2 N–H and O–H groups in total. The summed E-state index contributed by atoms with van der Waals surface area (Å²) in [6.07, 6.45) is 6.26. The summed E-state index contributed by atoms with van der Waals surface area (Å²) in [7, 11) is 1.39. The van der Waals surface area contributed by atoms with E-state index in [1.54, 1.807) is 12.3 Å². The Hall–Kier alpha value is -3.40. The van der Waals surface area contributed by atoms with Gasteiger partial charge >= 0.3 is 6.61 Å². The molecule has 2 aliphatic rings. The largest absolute Gasteiger partial charge is 0.496 e. The van der Waals surface area contributed by atoms with Crippen LogP contribution in [0.1, 0.15) is 29.6 Å². The Labute approximate surface area is 195 Å². The third kappa shape index (κ3) is 4.77. The molecule has 2 fully saturated rings. The van der Waals surface area contributed by atoms with E-state index in [4.69, 9.17) is 14.2 Å². The highest BCUT2D eigenvalue weighted by atomic mass is 19.3. The zero-order valence-corrected chi connectivity index (χ0v) is 18.7. The number of carbonyl (C=O) groups is 1. The van der Waals surface area contributed by atoms with Gasteiger partial charge in [-0.1, -0.05) is 0 Å². The lowest BCUT2D eigenvalue weighted by atomic mass is 10.1. The number of methoxy groups -OCH3 is 1. The van der Waals surface area contributed by atoms with Crippen LogP contribution in [0.4, 0.5) is 8.78 Å². The predicted octanol–water partition coefficient (Wildman–Crippen LogP) is 3.49. The smallest absolute Gasteiger partial charge is 0.387 e. The second-order valence-corrected chi connectivity index (χ2v) is 8.58. The SMILES string of the molecule is COc1cc(-c2cnc3cc(OC[C@H]4CCNC4)ccn23)cc(OC(F)F)c1C(=O)NC1CC1. The van der Waals surface area contributed by atoms with Gasteiger partial charge in [0, 0.05) is 36.3 Å². The van der Waals surface area contributed by atoms with E-state index < -0.39 is 12.5 Å². The van der Waals surface area contributed by atoms with Crippen molar-refractivity contribution in [2.75, 3.05) is 26.8 Å². The van der Waals surface area contributed by atoms with E-state index in [1.165, 1.54) is 13.2 Å². The number of alkyl halides is 2. The number of imidazole rings is 1. The molecule has 5 rings (SSSR count). The summed E-state index contributed by atoms with van der Waals surface area (Å²) in [5, 5.41) is 6.12. The number of hydrogen-bond acceptors (Lipinski definition) is 6. The van der Waals surface area contributed by atoms with Gasteiger partial charge < -0.3 is 24.8 Å². The number of amides is 1. The zero-order valence-electron chi connectivity index (χ0n) is 18.7. The van der Waals surface area contributed by atoms with Gasteiger partial charge in [-0.25, -0.2) is 4.98 Å². The molecule has 1 atom stereocenters. The molecule has 0 unspecified atom stereocenters. The Morgan fingerprint density at radius 2 is 2.09 bits per heavy atom. The fraction of sp³-hybridized carbons (Fsp3) is 0.417. The molecule has 3 aromatic rings. The highest BCUT2D eigenvalue weighted by Crippen LogP contribution is 2.37. The normalized spacial score (nSPS) is 17.8. The van der Waals surface area contributed by atoms with Crippen molar-refractivity contribution in [3.63, 3.8) is 0 Å². The highest BCUT2D eigenvalue weighted by molar-refractivity contribution is 6.01. The van der Waals surface area contributed by atoms with Crippen molar-refractivity contribution in [1.82, 2.24) is 20.0 Å². The monoisotopic (exact) mass is 472 g/mol. The molecule has 3 heterocycles. The minimum atomic E-state index is -3.09. The summed E-state index contributed by atoms with van der Waals surface area (Å²) in [5.41, 5.74) is 1.74. The molecule has 34 heavy (non-hydrogen) atoms. The van der Waals surface area contributed by atoms with Crippen molar-refractivity contribution in [2.45, 2.75) is 31.9 Å². The molecule has 1 saturated carbocycles. The number of aromatic nitrogens is 2. The summed E-state index contributed by atoms with van der Waals surface area (Å²) < 4.78 is 44.3. The summed E-state index contributed by atoms with van der Waals surface area (Å²) in [4.78, 5) is 17.2. The van der Waals surface area contributed by atoms with E-state index in [1.807, 2.05) is 22.7 Å². The van der Waals surface area contributed by atoms with Gasteiger partial charge in [0.25, 0.3) is 5.91 Å². The maximum absolute atomic E-state index is 13.2. The number of pyridine rings is 1. The molecule has 1 saturated heterocycles. The quantitative estimate of drug-likeness (QED) is 0.496. The van der Waals surface area contributed by atoms with Gasteiger partial charge in [0.05, 0.1) is 25.6 Å². The van der Waals surface area contributed by atoms with Crippen LogP contribution in [0.5, 0.6) is 17.2 Å². The maximum atomic E-state index is 13.2. The first-order valence-electron chi connectivity index (χ1n) is 11.3. The molecule has 180 valence electrons. The van der Waals surface area contributed by atoms with Gasteiger partial charge in [-0.3, -0.25) is 9.20 Å². The number of rotatable bonds is 9. The molecule has 0 radical (unpaired) electrons. The van der Waals surface area contributed by atoms with Crippen molar-refractivity contribution < 1.29 is 27.8 Å². The first-order chi connectivity index (χ1) is 16.5. The number of nitrogens with one attached hydrogen (secondary N) is 2. The van der Waals surface area contributed by atoms with E-state index in [9.17, 15) is 13.6 Å². The molecule has 10 heteroatoms. The van der Waals surface area contributed by atoms with Gasteiger partial charge in [0.15, 0.2) is 0 Å². The number of ether oxygens (including phenoxy) is 3. The van der Waals surface area contributed by atoms with Crippen LogP contribution >= 0.6 is 0 Å². The lowest BCUT2D eigenvalue weighted by Gasteiger charge is -2.16. The predicted molar refractivity (Wildman–Crippen MR) is 121 cm³/mol. The van der Waals surface area contributed by atoms with Crippen molar-refractivity contribution in [3.8, 4) is 28.5 Å². The van der Waals surface area contributed by atoms with Crippen LogP contribution in [0.15, 0.2) is 36.7 Å². The molecule has 1 amide bonds. The third-order valence-electron chi connectivity index (χ3n) is 6.07. The number of nitrogens with zero attached hydrogens (tertiary/aromatic N) is 2. The lowest BCUT2D eigenvalue weighted by Crippen LogP contribution is -2.26. The van der Waals surface area contributed by atoms with Gasteiger partial charge in [-0.05, 0) is 44.0 Å². The molecular weight excluding hydrogens is 446 g/mol. The van der Waals surface area contributed by atoms with E-state index >= 15 is 0 Å². The molecule has 2 aromatic heterocycles. The topological polar surface area (TPSA) is 86.1 Å². The second kappa shape index (κ2) is 9.46. The maximum Gasteiger partial charge on any atom is 0.387 e. The Bertz CT molecular complexity index is 1190. The van der Waals surface area contributed by atoms with Crippen LogP contribution in [0.25, 0.3) is 16.9 Å². The molecule has 0 spiro atoms. The van der Waals surface area contributed by atoms with Gasteiger partial charge in [0.1, 0.15) is 28.5 Å². The van der Waals surface area contributed by atoms with Gasteiger partial charge in [0.2, 0.25) is 0 Å². The molecule has 0 bridgehead atoms. The van der Waals surface area contributed by atoms with E-state index in [0.29, 0.717) is 35.2 Å². The number of hydrogen-bond donors (Lipinski definition) is 2. The van der Waals surface area contributed by atoms with E-state index in [2.05, 4.69) is 15.6 Å². The van der Waals surface area contributed by atoms with Crippen LogP contribution in [0, 0.1) is 5.92 Å². The van der Waals surface area contributed by atoms with Crippen LogP contribution < -0.4 is 24.8 Å². The first kappa shape index (κ1) is 22.4. The van der Waals surface area contributed by atoms with Gasteiger partial charge in [-0.2, -0.15) is 8.78 Å². The number of benzene rings is 1. The van der Waals surface area contributed by atoms with Crippen molar-refractivity contribution in [1.29, 1.82) is 0 Å². The summed E-state index contributed by atoms with van der Waals surface area (Å²) >= 11 is 0.